The molecule has 8 nitrogen and oxygen atoms in total. The molecule has 0 saturated carbocycles. The second-order valence-electron chi connectivity index (χ2n) is 6.97. The van der Waals surface area contributed by atoms with E-state index in [2.05, 4.69) is 5.32 Å². The standard InChI is InChI=1S/C20H24ClN3O5/c1-29-20(28)15-12-24(9-10-25)19(27)17(15)22-13-5-6-14(16(21)11-13)18(26)23-7-3-2-4-8-23/h5-6,11,22,25H,2-4,7-10,12H2,1H3. The van der Waals surface area contributed by atoms with Crippen LogP contribution in [0.25, 0.3) is 0 Å². The number of nitrogens with one attached hydrogen (secondary N) is 1. The average molecular weight is 422 g/mol. The number of rotatable bonds is 6. The van der Waals surface area contributed by atoms with Crippen LogP contribution in [0.5, 0.6) is 0 Å². The fraction of sp³-hybridized carbons (Fsp3) is 0.450. The third-order valence-electron chi connectivity index (χ3n) is 5.07. The fourth-order valence-electron chi connectivity index (χ4n) is 3.53. The Kier molecular flexibility index (Phi) is 6.76. The van der Waals surface area contributed by atoms with Gasteiger partial charge in [0.15, 0.2) is 0 Å². The molecule has 2 aliphatic heterocycles. The lowest BCUT2D eigenvalue weighted by atomic mass is 10.1. The van der Waals surface area contributed by atoms with Crippen molar-refractivity contribution in [2.24, 2.45) is 0 Å². The molecule has 0 aliphatic carbocycles. The van der Waals surface area contributed by atoms with E-state index in [1.54, 1.807) is 23.1 Å². The number of hydrogen-bond acceptors (Lipinski definition) is 6. The molecule has 0 atom stereocenters. The van der Waals surface area contributed by atoms with Crippen LogP contribution in [0, 0.1) is 0 Å². The number of carbonyl (C=O) groups is 3. The quantitative estimate of drug-likeness (QED) is 0.677. The molecule has 1 saturated heterocycles. The summed E-state index contributed by atoms with van der Waals surface area (Å²) in [6.07, 6.45) is 3.10. The topological polar surface area (TPSA) is 99.2 Å². The number of likely N-dealkylation sites (tertiary alicyclic amines) is 1. The first-order chi connectivity index (χ1) is 14.0. The highest BCUT2D eigenvalue weighted by Crippen LogP contribution is 2.27. The molecular formula is C20H24ClN3O5. The van der Waals surface area contributed by atoms with E-state index in [9.17, 15) is 14.4 Å². The highest BCUT2D eigenvalue weighted by Gasteiger charge is 2.34. The van der Waals surface area contributed by atoms with Crippen LogP contribution in [0.2, 0.25) is 5.02 Å². The number of methoxy groups -OCH3 is 1. The van der Waals surface area contributed by atoms with Crippen LogP contribution in [0.4, 0.5) is 5.69 Å². The van der Waals surface area contributed by atoms with E-state index in [1.165, 1.54) is 12.0 Å². The normalized spacial score (nSPS) is 17.0. The smallest absolute Gasteiger partial charge is 0.337 e. The number of amides is 2. The van der Waals surface area contributed by atoms with Gasteiger partial charge in [0.25, 0.3) is 11.8 Å². The van der Waals surface area contributed by atoms with Crippen LogP contribution >= 0.6 is 11.6 Å². The zero-order valence-corrected chi connectivity index (χ0v) is 17.0. The molecular weight excluding hydrogens is 398 g/mol. The largest absolute Gasteiger partial charge is 0.466 e. The molecule has 3 rings (SSSR count). The van der Waals surface area contributed by atoms with E-state index < -0.39 is 11.9 Å². The van der Waals surface area contributed by atoms with Crippen LogP contribution in [0.15, 0.2) is 29.5 Å². The number of ether oxygens (including phenoxy) is 1. The van der Waals surface area contributed by atoms with Gasteiger partial charge in [-0.15, -0.1) is 0 Å². The van der Waals surface area contributed by atoms with Crippen molar-refractivity contribution in [2.75, 3.05) is 45.2 Å². The number of anilines is 1. The van der Waals surface area contributed by atoms with Gasteiger partial charge >= 0.3 is 5.97 Å². The summed E-state index contributed by atoms with van der Waals surface area (Å²) in [7, 11) is 1.24. The second kappa shape index (κ2) is 9.28. The summed E-state index contributed by atoms with van der Waals surface area (Å²) < 4.78 is 4.76. The summed E-state index contributed by atoms with van der Waals surface area (Å²) in [6, 6.07) is 4.82. The molecule has 2 heterocycles. The molecule has 2 N–H and O–H groups in total. The molecule has 1 aromatic carbocycles. The average Bonchev–Trinajstić information content (AvgIpc) is 3.03. The lowest BCUT2D eigenvalue weighted by Gasteiger charge is -2.27. The van der Waals surface area contributed by atoms with Crippen molar-refractivity contribution in [1.29, 1.82) is 0 Å². The number of carbonyl (C=O) groups excluding carboxylic acids is 3. The number of benzene rings is 1. The number of aliphatic hydroxyl groups excluding tert-OH is 1. The number of hydrogen-bond donors (Lipinski definition) is 2. The van der Waals surface area contributed by atoms with Gasteiger partial charge in [0, 0.05) is 25.3 Å². The Bertz CT molecular complexity index is 849. The molecule has 9 heteroatoms. The minimum Gasteiger partial charge on any atom is -0.466 e. The summed E-state index contributed by atoms with van der Waals surface area (Å²) in [5.41, 5.74) is 1.13. The first-order valence-corrected chi connectivity index (χ1v) is 9.91. The Morgan fingerprint density at radius 2 is 1.97 bits per heavy atom. The Labute approximate surface area is 174 Å². The second-order valence-corrected chi connectivity index (χ2v) is 7.38. The fourth-order valence-corrected chi connectivity index (χ4v) is 3.79. The zero-order chi connectivity index (χ0) is 21.0. The number of esters is 1. The number of halogens is 1. The predicted molar refractivity (Wildman–Crippen MR) is 108 cm³/mol. The monoisotopic (exact) mass is 421 g/mol. The molecule has 156 valence electrons. The van der Waals surface area contributed by atoms with Gasteiger partial charge in [0.1, 0.15) is 5.70 Å². The maximum Gasteiger partial charge on any atom is 0.337 e. The molecule has 29 heavy (non-hydrogen) atoms. The van der Waals surface area contributed by atoms with E-state index in [0.717, 1.165) is 32.4 Å². The lowest BCUT2D eigenvalue weighted by Crippen LogP contribution is -2.35. The highest BCUT2D eigenvalue weighted by molar-refractivity contribution is 6.34. The zero-order valence-electron chi connectivity index (χ0n) is 16.2. The van der Waals surface area contributed by atoms with Crippen LogP contribution in [-0.2, 0) is 14.3 Å². The number of piperidine rings is 1. The highest BCUT2D eigenvalue weighted by atomic mass is 35.5. The van der Waals surface area contributed by atoms with Crippen molar-refractivity contribution in [3.05, 3.63) is 40.1 Å². The van der Waals surface area contributed by atoms with Gasteiger partial charge in [-0.25, -0.2) is 4.79 Å². The van der Waals surface area contributed by atoms with Crippen LogP contribution in [-0.4, -0.2) is 72.6 Å². The molecule has 0 spiro atoms. The van der Waals surface area contributed by atoms with Gasteiger partial charge < -0.3 is 25.0 Å². The Hall–Kier alpha value is -2.58. The van der Waals surface area contributed by atoms with E-state index in [1.807, 2.05) is 0 Å². The summed E-state index contributed by atoms with van der Waals surface area (Å²) in [6.45, 7) is 1.38. The van der Waals surface area contributed by atoms with E-state index in [-0.39, 0.29) is 41.9 Å². The maximum atomic E-state index is 12.7. The van der Waals surface area contributed by atoms with Gasteiger partial charge in [-0.1, -0.05) is 11.6 Å². The summed E-state index contributed by atoms with van der Waals surface area (Å²) in [5, 5.41) is 12.3. The van der Waals surface area contributed by atoms with E-state index in [0.29, 0.717) is 11.3 Å². The molecule has 1 aromatic rings. The number of β-amino-alcohol motifs (C(OH)–C–C–N with tert-alkyl or cyclic N) is 1. The molecule has 2 amide bonds. The Balaban J connectivity index is 1.81. The SMILES string of the molecule is COC(=O)C1=C(Nc2ccc(C(=O)N3CCCCC3)c(Cl)c2)C(=O)N(CCO)C1. The molecule has 0 unspecified atom stereocenters. The molecule has 0 radical (unpaired) electrons. The summed E-state index contributed by atoms with van der Waals surface area (Å²) in [4.78, 5) is 40.5. The van der Waals surface area contributed by atoms with Crippen molar-refractivity contribution < 1.29 is 24.2 Å². The Morgan fingerprint density at radius 3 is 2.59 bits per heavy atom. The molecule has 0 bridgehead atoms. The van der Waals surface area contributed by atoms with Crippen molar-refractivity contribution in [2.45, 2.75) is 19.3 Å². The lowest BCUT2D eigenvalue weighted by molar-refractivity contribution is -0.136. The van der Waals surface area contributed by atoms with Gasteiger partial charge in [-0.05, 0) is 37.5 Å². The third-order valence-corrected chi connectivity index (χ3v) is 5.38. The van der Waals surface area contributed by atoms with Crippen molar-refractivity contribution >= 4 is 35.1 Å². The van der Waals surface area contributed by atoms with Crippen molar-refractivity contribution in [3.8, 4) is 0 Å². The van der Waals surface area contributed by atoms with Crippen LogP contribution < -0.4 is 5.32 Å². The maximum absolute atomic E-state index is 12.7. The number of aliphatic hydroxyl groups is 1. The Morgan fingerprint density at radius 1 is 1.24 bits per heavy atom. The van der Waals surface area contributed by atoms with Crippen molar-refractivity contribution in [1.82, 2.24) is 9.80 Å². The van der Waals surface area contributed by atoms with E-state index in [4.69, 9.17) is 21.4 Å². The summed E-state index contributed by atoms with van der Waals surface area (Å²) in [5.74, 6) is -1.14. The molecule has 2 aliphatic rings. The first kappa shape index (κ1) is 21.1. The van der Waals surface area contributed by atoms with Crippen molar-refractivity contribution in [3.63, 3.8) is 0 Å². The van der Waals surface area contributed by atoms with Gasteiger partial charge in [-0.2, -0.15) is 0 Å². The minimum absolute atomic E-state index is 0.0493. The minimum atomic E-state index is -0.621. The summed E-state index contributed by atoms with van der Waals surface area (Å²) >= 11 is 6.35. The van der Waals surface area contributed by atoms with Gasteiger partial charge in [0.05, 0.1) is 36.4 Å². The molecule has 0 aromatic heterocycles. The van der Waals surface area contributed by atoms with Crippen LogP contribution in [0.3, 0.4) is 0 Å². The van der Waals surface area contributed by atoms with E-state index >= 15 is 0 Å². The molecule has 1 fully saturated rings. The van der Waals surface area contributed by atoms with Gasteiger partial charge in [-0.3, -0.25) is 9.59 Å². The first-order valence-electron chi connectivity index (χ1n) is 9.53. The van der Waals surface area contributed by atoms with Gasteiger partial charge in [0.2, 0.25) is 0 Å². The number of nitrogens with zero attached hydrogens (tertiary/aromatic N) is 2. The van der Waals surface area contributed by atoms with Crippen LogP contribution in [0.1, 0.15) is 29.6 Å². The predicted octanol–water partition coefficient (Wildman–Crippen LogP) is 1.64. The third kappa shape index (κ3) is 4.54.